The highest BCUT2D eigenvalue weighted by atomic mass is 19.2. The summed E-state index contributed by atoms with van der Waals surface area (Å²) in [6.45, 7) is 4.60. The number of hydrogen-bond donors (Lipinski definition) is 1. The molecule has 0 bridgehead atoms. The molecule has 4 aromatic rings. The number of rotatable bonds is 7. The van der Waals surface area contributed by atoms with Crippen molar-refractivity contribution in [1.29, 1.82) is 0 Å². The van der Waals surface area contributed by atoms with E-state index in [1.54, 1.807) is 48.9 Å². The monoisotopic (exact) mass is 513 g/mol. The average Bonchev–Trinajstić information content (AvgIpc) is 3.27. The normalized spacial score (nSPS) is 11.0. The number of fused-ring (bicyclic) bond motifs is 1. The first-order valence-corrected chi connectivity index (χ1v) is 11.5. The third kappa shape index (κ3) is 5.28. The third-order valence-electron chi connectivity index (χ3n) is 5.89. The van der Waals surface area contributed by atoms with E-state index in [1.807, 2.05) is 0 Å². The van der Waals surface area contributed by atoms with Crippen LogP contribution in [0.3, 0.4) is 0 Å². The van der Waals surface area contributed by atoms with Gasteiger partial charge in [0.25, 0.3) is 5.91 Å². The van der Waals surface area contributed by atoms with Crippen molar-refractivity contribution in [3.05, 3.63) is 95.2 Å². The molecule has 0 aliphatic carbocycles. The third-order valence-corrected chi connectivity index (χ3v) is 5.89. The van der Waals surface area contributed by atoms with Crippen molar-refractivity contribution in [2.75, 3.05) is 18.4 Å². The molecule has 3 aromatic carbocycles. The van der Waals surface area contributed by atoms with Crippen LogP contribution in [0.15, 0.2) is 60.8 Å². The molecule has 0 aliphatic rings. The van der Waals surface area contributed by atoms with Gasteiger partial charge in [0.2, 0.25) is 0 Å². The van der Waals surface area contributed by atoms with Crippen LogP contribution in [0.5, 0.6) is 5.75 Å². The van der Waals surface area contributed by atoms with Crippen molar-refractivity contribution >= 4 is 28.6 Å². The molecule has 4 rings (SSSR count). The zero-order chi connectivity index (χ0) is 26.7. The summed E-state index contributed by atoms with van der Waals surface area (Å²) in [5, 5.41) is 2.92. The van der Waals surface area contributed by atoms with Gasteiger partial charge in [0.05, 0.1) is 16.8 Å². The fraction of sp³-hybridized carbons (Fsp3) is 0.185. The number of nitrogens with one attached hydrogen (secondary N) is 1. The number of hydrogen-bond acceptors (Lipinski definition) is 3. The molecule has 1 N–H and O–H groups in total. The van der Waals surface area contributed by atoms with E-state index >= 15 is 0 Å². The van der Waals surface area contributed by atoms with Crippen molar-refractivity contribution in [3.8, 4) is 5.75 Å². The molecule has 0 radical (unpaired) electrons. The number of anilines is 1. The summed E-state index contributed by atoms with van der Waals surface area (Å²) in [5.74, 6) is -6.33. The lowest BCUT2D eigenvalue weighted by Crippen LogP contribution is -2.33. The lowest BCUT2D eigenvalue weighted by molar-refractivity contribution is 0.102. The highest BCUT2D eigenvalue weighted by Gasteiger charge is 2.23. The van der Waals surface area contributed by atoms with E-state index in [-0.39, 0.29) is 17.3 Å². The molecule has 0 saturated carbocycles. The SMILES string of the molecule is CCN(CC)C(=O)Oc1ccc2c(ccn2Cc2cccc(F)c2)c1NC(=O)c1ccc(F)c(F)c1F. The van der Waals surface area contributed by atoms with Gasteiger partial charge in [0, 0.05) is 31.2 Å². The molecule has 2 amide bonds. The molecule has 0 unspecified atom stereocenters. The minimum atomic E-state index is -1.78. The van der Waals surface area contributed by atoms with Crippen molar-refractivity contribution in [3.63, 3.8) is 0 Å². The predicted octanol–water partition coefficient (Wildman–Crippen LogP) is 6.34. The molecule has 1 aromatic heterocycles. The van der Waals surface area contributed by atoms with Crippen LogP contribution in [0.4, 0.5) is 28.0 Å². The fourth-order valence-corrected chi connectivity index (χ4v) is 3.96. The molecule has 192 valence electrons. The lowest BCUT2D eigenvalue weighted by atomic mass is 10.1. The van der Waals surface area contributed by atoms with Gasteiger partial charge in [0.15, 0.2) is 23.2 Å². The van der Waals surface area contributed by atoms with Crippen LogP contribution in [0.25, 0.3) is 10.9 Å². The molecular weight excluding hydrogens is 490 g/mol. The van der Waals surface area contributed by atoms with E-state index in [0.717, 1.165) is 6.07 Å². The molecular formula is C27H23F4N3O3. The average molecular weight is 513 g/mol. The summed E-state index contributed by atoms with van der Waals surface area (Å²) >= 11 is 0. The minimum Gasteiger partial charge on any atom is -0.408 e. The highest BCUT2D eigenvalue weighted by molar-refractivity contribution is 6.11. The first-order valence-electron chi connectivity index (χ1n) is 11.5. The van der Waals surface area contributed by atoms with Crippen LogP contribution < -0.4 is 10.1 Å². The molecule has 37 heavy (non-hydrogen) atoms. The number of aromatic nitrogens is 1. The van der Waals surface area contributed by atoms with Gasteiger partial charge >= 0.3 is 6.09 Å². The topological polar surface area (TPSA) is 63.6 Å². The van der Waals surface area contributed by atoms with Gasteiger partial charge in [-0.2, -0.15) is 0 Å². The number of nitrogens with zero attached hydrogens (tertiary/aromatic N) is 2. The summed E-state index contributed by atoms with van der Waals surface area (Å²) in [7, 11) is 0. The first-order chi connectivity index (χ1) is 17.7. The molecule has 0 atom stereocenters. The highest BCUT2D eigenvalue weighted by Crippen LogP contribution is 2.35. The smallest absolute Gasteiger partial charge is 0.408 e. The Balaban J connectivity index is 1.77. The minimum absolute atomic E-state index is 0.0238. The van der Waals surface area contributed by atoms with Gasteiger partial charge in [-0.1, -0.05) is 12.1 Å². The van der Waals surface area contributed by atoms with Crippen LogP contribution in [-0.2, 0) is 6.54 Å². The molecule has 0 saturated heterocycles. The second-order valence-electron chi connectivity index (χ2n) is 8.16. The summed E-state index contributed by atoms with van der Waals surface area (Å²) < 4.78 is 62.5. The van der Waals surface area contributed by atoms with Crippen molar-refractivity contribution in [2.45, 2.75) is 20.4 Å². The van der Waals surface area contributed by atoms with Crippen LogP contribution in [-0.4, -0.2) is 34.6 Å². The number of ether oxygens (including phenoxy) is 1. The Bertz CT molecular complexity index is 1480. The second kappa shape index (κ2) is 10.7. The maximum atomic E-state index is 14.3. The number of amides is 2. The molecule has 1 heterocycles. The number of carbonyl (C=O) groups is 2. The van der Waals surface area contributed by atoms with Gasteiger partial charge < -0.3 is 19.5 Å². The largest absolute Gasteiger partial charge is 0.415 e. The van der Waals surface area contributed by atoms with E-state index in [1.165, 1.54) is 23.1 Å². The quantitative estimate of drug-likeness (QED) is 0.232. The fourth-order valence-electron chi connectivity index (χ4n) is 3.96. The Hall–Kier alpha value is -4.34. The van der Waals surface area contributed by atoms with Gasteiger partial charge in [0.1, 0.15) is 5.82 Å². The van der Waals surface area contributed by atoms with Crippen molar-refractivity contribution < 1.29 is 31.9 Å². The van der Waals surface area contributed by atoms with E-state index in [0.29, 0.717) is 42.2 Å². The molecule has 6 nitrogen and oxygen atoms in total. The van der Waals surface area contributed by atoms with Gasteiger partial charge in [-0.25, -0.2) is 22.4 Å². The summed E-state index contributed by atoms with van der Waals surface area (Å²) in [4.78, 5) is 27.0. The van der Waals surface area contributed by atoms with Gasteiger partial charge in [-0.05, 0) is 61.9 Å². The van der Waals surface area contributed by atoms with Gasteiger partial charge in [-0.3, -0.25) is 4.79 Å². The summed E-state index contributed by atoms with van der Waals surface area (Å²) in [6.07, 6.45) is 1.03. The Morgan fingerprint density at radius 3 is 2.41 bits per heavy atom. The second-order valence-corrected chi connectivity index (χ2v) is 8.16. The zero-order valence-electron chi connectivity index (χ0n) is 20.0. The maximum absolute atomic E-state index is 14.3. The van der Waals surface area contributed by atoms with E-state index in [2.05, 4.69) is 5.32 Å². The molecule has 0 aliphatic heterocycles. The number of carbonyl (C=O) groups excluding carboxylic acids is 2. The summed E-state index contributed by atoms with van der Waals surface area (Å²) in [5.41, 5.74) is 0.582. The number of halogens is 4. The Labute approximate surface area is 210 Å². The summed E-state index contributed by atoms with van der Waals surface area (Å²) in [6, 6.07) is 12.3. The zero-order valence-corrected chi connectivity index (χ0v) is 20.0. The Morgan fingerprint density at radius 2 is 1.70 bits per heavy atom. The van der Waals surface area contributed by atoms with E-state index in [9.17, 15) is 27.2 Å². The van der Waals surface area contributed by atoms with Gasteiger partial charge in [-0.15, -0.1) is 0 Å². The van der Waals surface area contributed by atoms with E-state index < -0.39 is 35.0 Å². The van der Waals surface area contributed by atoms with Crippen molar-refractivity contribution in [2.24, 2.45) is 0 Å². The Kier molecular flexibility index (Phi) is 7.47. The standard InChI is InChI=1S/C27H23F4N3O3/c1-3-33(4-2)27(36)37-22-11-10-21-18(12-13-34(21)15-16-6-5-7-17(28)14-16)25(22)32-26(35)19-8-9-20(29)24(31)23(19)30/h5-14H,3-4,15H2,1-2H3,(H,32,35). The lowest BCUT2D eigenvalue weighted by Gasteiger charge is -2.20. The Morgan fingerprint density at radius 1 is 0.946 bits per heavy atom. The molecule has 10 heteroatoms. The van der Waals surface area contributed by atoms with Crippen LogP contribution in [0.2, 0.25) is 0 Å². The first kappa shape index (κ1) is 25.7. The van der Waals surface area contributed by atoms with Crippen molar-refractivity contribution in [1.82, 2.24) is 9.47 Å². The van der Waals surface area contributed by atoms with Crippen LogP contribution in [0, 0.1) is 23.3 Å². The molecule has 0 fully saturated rings. The van der Waals surface area contributed by atoms with Crippen LogP contribution in [0.1, 0.15) is 29.8 Å². The maximum Gasteiger partial charge on any atom is 0.415 e. The predicted molar refractivity (Wildman–Crippen MR) is 131 cm³/mol. The molecule has 0 spiro atoms. The number of benzene rings is 3. The van der Waals surface area contributed by atoms with Crippen LogP contribution >= 0.6 is 0 Å². The van der Waals surface area contributed by atoms with E-state index in [4.69, 9.17) is 4.74 Å².